The molecule has 0 amide bonds. The van der Waals surface area contributed by atoms with Gasteiger partial charge in [0.25, 0.3) is 5.79 Å². The molecule has 2 atom stereocenters. The normalized spacial score (nSPS) is 28.9. The Kier molecular flexibility index (Phi) is 4.52. The summed E-state index contributed by atoms with van der Waals surface area (Å²) in [5.74, 6) is -1.52. The summed E-state index contributed by atoms with van der Waals surface area (Å²) in [6.07, 6.45) is -0.503. The van der Waals surface area contributed by atoms with E-state index >= 15 is 0 Å². The molecule has 0 aromatic carbocycles. The molecule has 0 aromatic heterocycles. The Morgan fingerprint density at radius 2 is 1.73 bits per heavy atom. The second-order valence-corrected chi connectivity index (χ2v) is 3.65. The number of alkyl halides is 1. The third kappa shape index (κ3) is 2.04. The highest BCUT2D eigenvalue weighted by atomic mass is 35.5. The van der Waals surface area contributed by atoms with Crippen molar-refractivity contribution < 1.29 is 19.0 Å². The molecule has 1 fully saturated rings. The van der Waals surface area contributed by atoms with Crippen LogP contribution in [0.15, 0.2) is 0 Å². The first kappa shape index (κ1) is 12.9. The number of ether oxygens (including phenoxy) is 3. The third-order valence-electron chi connectivity index (χ3n) is 2.30. The molecule has 0 saturated heterocycles. The van der Waals surface area contributed by atoms with Crippen LogP contribution in [-0.2, 0) is 19.0 Å². The van der Waals surface area contributed by atoms with Crippen LogP contribution < -0.4 is 0 Å². The second kappa shape index (κ2) is 5.25. The molecule has 1 rings (SSSR count). The predicted octanol–water partition coefficient (Wildman–Crippen LogP) is 1.35. The maximum atomic E-state index is 11.7. The van der Waals surface area contributed by atoms with Crippen LogP contribution in [0.5, 0.6) is 0 Å². The summed E-state index contributed by atoms with van der Waals surface area (Å²) < 4.78 is 16.1. The van der Waals surface area contributed by atoms with Crippen LogP contribution in [0, 0.1) is 0 Å². The number of halogens is 1. The Balaban J connectivity index is 2.78. The van der Waals surface area contributed by atoms with Gasteiger partial charge in [-0.2, -0.15) is 0 Å². The first-order valence-corrected chi connectivity index (χ1v) is 5.65. The van der Waals surface area contributed by atoms with Gasteiger partial charge in [0.1, 0.15) is 11.5 Å². The molecule has 0 aromatic rings. The van der Waals surface area contributed by atoms with Crippen molar-refractivity contribution in [3.63, 3.8) is 0 Å². The number of rotatable bonds is 6. The van der Waals surface area contributed by atoms with E-state index in [1.54, 1.807) is 13.8 Å². The van der Waals surface area contributed by atoms with Crippen molar-refractivity contribution in [1.29, 1.82) is 0 Å². The Bertz CT molecular complexity index is 225. The zero-order valence-corrected chi connectivity index (χ0v) is 10.0. The average molecular weight is 237 g/mol. The van der Waals surface area contributed by atoms with Gasteiger partial charge in [-0.1, -0.05) is 0 Å². The van der Waals surface area contributed by atoms with E-state index in [0.717, 1.165) is 0 Å². The Morgan fingerprint density at radius 3 is 2.13 bits per heavy atom. The van der Waals surface area contributed by atoms with Crippen molar-refractivity contribution in [3.05, 3.63) is 0 Å². The lowest BCUT2D eigenvalue weighted by atomic mass is 9.84. The highest BCUT2D eigenvalue weighted by Gasteiger charge is 2.65. The minimum absolute atomic E-state index is 0.244. The summed E-state index contributed by atoms with van der Waals surface area (Å²) >= 11 is 5.87. The number of carbonyl (C=O) groups excluding carboxylic acids is 1. The molecule has 0 aliphatic heterocycles. The van der Waals surface area contributed by atoms with Crippen molar-refractivity contribution in [2.45, 2.75) is 38.0 Å². The summed E-state index contributed by atoms with van der Waals surface area (Å²) in [5.41, 5.74) is 0. The van der Waals surface area contributed by atoms with Crippen molar-refractivity contribution in [2.24, 2.45) is 0 Å². The fourth-order valence-corrected chi connectivity index (χ4v) is 2.11. The summed E-state index contributed by atoms with van der Waals surface area (Å²) in [4.78, 5) is 11.7. The maximum absolute atomic E-state index is 11.7. The van der Waals surface area contributed by atoms with Gasteiger partial charge in [-0.15, -0.1) is 11.6 Å². The lowest BCUT2D eigenvalue weighted by Gasteiger charge is -2.48. The smallest absolute Gasteiger partial charge is 0.259 e. The van der Waals surface area contributed by atoms with Crippen LogP contribution in [0.1, 0.15) is 20.8 Å². The topological polar surface area (TPSA) is 44.8 Å². The molecule has 2 unspecified atom stereocenters. The van der Waals surface area contributed by atoms with Crippen molar-refractivity contribution in [3.8, 4) is 0 Å². The molecule has 88 valence electrons. The Labute approximate surface area is 94.8 Å². The minimum atomic E-state index is -1.27. The van der Waals surface area contributed by atoms with E-state index < -0.39 is 17.3 Å². The van der Waals surface area contributed by atoms with Gasteiger partial charge in [-0.3, -0.25) is 4.79 Å². The van der Waals surface area contributed by atoms with E-state index in [9.17, 15) is 4.79 Å². The fraction of sp³-hybridized carbons (Fsp3) is 0.900. The van der Waals surface area contributed by atoms with Crippen LogP contribution in [0.2, 0.25) is 0 Å². The van der Waals surface area contributed by atoms with Crippen LogP contribution >= 0.6 is 11.6 Å². The van der Waals surface area contributed by atoms with Gasteiger partial charge in [-0.05, 0) is 20.8 Å². The zero-order chi connectivity index (χ0) is 11.5. The molecular weight excluding hydrogens is 220 g/mol. The SMILES string of the molecule is CCOC1C(Cl)C(=O)C1(OCC)OCC. The van der Waals surface area contributed by atoms with E-state index in [2.05, 4.69) is 0 Å². The second-order valence-electron chi connectivity index (χ2n) is 3.18. The molecule has 0 N–H and O–H groups in total. The summed E-state index contributed by atoms with van der Waals surface area (Å²) in [6, 6.07) is 0. The molecule has 4 nitrogen and oxygen atoms in total. The fourth-order valence-electron chi connectivity index (χ4n) is 1.72. The molecule has 0 radical (unpaired) electrons. The Hall–Kier alpha value is -0.160. The van der Waals surface area contributed by atoms with Crippen molar-refractivity contribution >= 4 is 17.4 Å². The quantitative estimate of drug-likeness (QED) is 0.516. The highest BCUT2D eigenvalue weighted by molar-refractivity contribution is 6.36. The number of Topliss-reactive ketones (excluding diaryl/α,β-unsaturated/α-hetero) is 1. The summed E-state index contributed by atoms with van der Waals surface area (Å²) in [5, 5.41) is -0.664. The van der Waals surface area contributed by atoms with Crippen LogP contribution in [0.3, 0.4) is 0 Å². The molecule has 15 heavy (non-hydrogen) atoms. The van der Waals surface area contributed by atoms with E-state index in [-0.39, 0.29) is 5.78 Å². The van der Waals surface area contributed by atoms with Gasteiger partial charge >= 0.3 is 0 Å². The molecule has 1 saturated carbocycles. The maximum Gasteiger partial charge on any atom is 0.259 e. The van der Waals surface area contributed by atoms with Crippen LogP contribution in [0.4, 0.5) is 0 Å². The lowest BCUT2D eigenvalue weighted by Crippen LogP contribution is -2.72. The minimum Gasteiger partial charge on any atom is -0.370 e. The van der Waals surface area contributed by atoms with Crippen LogP contribution in [-0.4, -0.2) is 42.9 Å². The largest absolute Gasteiger partial charge is 0.370 e. The molecule has 0 spiro atoms. The predicted molar refractivity (Wildman–Crippen MR) is 56.0 cm³/mol. The van der Waals surface area contributed by atoms with E-state index in [4.69, 9.17) is 25.8 Å². The van der Waals surface area contributed by atoms with Gasteiger partial charge in [0.15, 0.2) is 0 Å². The molecule has 0 bridgehead atoms. The standard InChI is InChI=1S/C10H17ClO4/c1-4-13-9-7(11)8(12)10(9,14-5-2)15-6-3/h7,9H,4-6H2,1-3H3. The van der Waals surface area contributed by atoms with E-state index in [1.807, 2.05) is 6.92 Å². The van der Waals surface area contributed by atoms with Crippen molar-refractivity contribution in [2.75, 3.05) is 19.8 Å². The number of hydrogen-bond acceptors (Lipinski definition) is 4. The molecule has 1 aliphatic carbocycles. The summed E-state index contributed by atoms with van der Waals surface area (Å²) in [7, 11) is 0. The monoisotopic (exact) mass is 236 g/mol. The van der Waals surface area contributed by atoms with Gasteiger partial charge in [0, 0.05) is 19.8 Å². The third-order valence-corrected chi connectivity index (χ3v) is 2.73. The average Bonchev–Trinajstić information content (AvgIpc) is 2.24. The van der Waals surface area contributed by atoms with E-state index in [1.165, 1.54) is 0 Å². The van der Waals surface area contributed by atoms with Gasteiger partial charge in [-0.25, -0.2) is 0 Å². The molecule has 5 heteroatoms. The summed E-state index contributed by atoms with van der Waals surface area (Å²) in [6.45, 7) is 6.70. The van der Waals surface area contributed by atoms with E-state index in [0.29, 0.717) is 19.8 Å². The van der Waals surface area contributed by atoms with Gasteiger partial charge in [0.2, 0.25) is 5.78 Å². The first-order chi connectivity index (χ1) is 7.14. The highest BCUT2D eigenvalue weighted by Crippen LogP contribution is 2.39. The number of carbonyl (C=O) groups is 1. The van der Waals surface area contributed by atoms with Gasteiger partial charge in [0.05, 0.1) is 0 Å². The number of ketones is 1. The van der Waals surface area contributed by atoms with Gasteiger partial charge < -0.3 is 14.2 Å². The zero-order valence-electron chi connectivity index (χ0n) is 9.29. The van der Waals surface area contributed by atoms with Crippen LogP contribution in [0.25, 0.3) is 0 Å². The van der Waals surface area contributed by atoms with Crippen molar-refractivity contribution in [1.82, 2.24) is 0 Å². The molecule has 1 aliphatic rings. The molecular formula is C10H17ClO4. The lowest BCUT2D eigenvalue weighted by molar-refractivity contribution is -0.296. The Morgan fingerprint density at radius 1 is 1.20 bits per heavy atom. The molecule has 0 heterocycles. The number of hydrogen-bond donors (Lipinski definition) is 0. The first-order valence-electron chi connectivity index (χ1n) is 5.21.